The standard InChI is InChI=1S/C30H37ClN2O6/c1-28(2,3)18-9-12-20(22(31)16-18)24(34)32-19-10-7-17(8-11-19)15-23(26(36)37)33-25(35)21-13-14-30(6,27(38)39)29(21,4)5/h7-12,16,21,23H,13-15H2,1-6H3,(H,32,34)(H,33,35)(H,36,37)(H,38,39). The minimum atomic E-state index is -1.19. The topological polar surface area (TPSA) is 133 Å². The van der Waals surface area contributed by atoms with Gasteiger partial charge in [-0.15, -0.1) is 0 Å². The fourth-order valence-electron chi connectivity index (χ4n) is 5.14. The number of hydrogen-bond acceptors (Lipinski definition) is 4. The summed E-state index contributed by atoms with van der Waals surface area (Å²) in [6.45, 7) is 11.3. The number of benzene rings is 2. The third-order valence-electron chi connectivity index (χ3n) is 8.36. The summed E-state index contributed by atoms with van der Waals surface area (Å²) in [5, 5.41) is 25.2. The summed E-state index contributed by atoms with van der Waals surface area (Å²) in [5.41, 5.74) is 0.491. The normalized spacial score (nSPS) is 21.2. The quantitative estimate of drug-likeness (QED) is 0.338. The molecule has 4 N–H and O–H groups in total. The predicted octanol–water partition coefficient (Wildman–Crippen LogP) is 5.53. The van der Waals surface area contributed by atoms with Gasteiger partial charge in [-0.3, -0.25) is 14.4 Å². The van der Waals surface area contributed by atoms with Gasteiger partial charge in [0, 0.05) is 18.0 Å². The van der Waals surface area contributed by atoms with Gasteiger partial charge < -0.3 is 20.8 Å². The lowest BCUT2D eigenvalue weighted by atomic mass is 9.65. The first kappa shape index (κ1) is 30.2. The molecule has 0 bridgehead atoms. The van der Waals surface area contributed by atoms with Gasteiger partial charge in [0.2, 0.25) is 5.91 Å². The molecule has 1 saturated carbocycles. The number of anilines is 1. The van der Waals surface area contributed by atoms with Crippen molar-refractivity contribution in [3.05, 3.63) is 64.2 Å². The maximum absolute atomic E-state index is 13.1. The van der Waals surface area contributed by atoms with Crippen LogP contribution in [-0.4, -0.2) is 40.0 Å². The molecule has 3 unspecified atom stereocenters. The highest BCUT2D eigenvalue weighted by Gasteiger charge is 2.58. The Morgan fingerprint density at radius 3 is 2.13 bits per heavy atom. The van der Waals surface area contributed by atoms with Gasteiger partial charge in [0.15, 0.2) is 0 Å². The summed E-state index contributed by atoms with van der Waals surface area (Å²) in [6, 6.07) is 10.8. The van der Waals surface area contributed by atoms with Gasteiger partial charge in [0.25, 0.3) is 5.91 Å². The molecule has 0 saturated heterocycles. The Labute approximate surface area is 234 Å². The zero-order valence-electron chi connectivity index (χ0n) is 23.2. The summed E-state index contributed by atoms with van der Waals surface area (Å²) in [7, 11) is 0. The molecule has 0 spiro atoms. The van der Waals surface area contributed by atoms with E-state index < -0.39 is 40.6 Å². The molecule has 210 valence electrons. The fourth-order valence-corrected chi connectivity index (χ4v) is 5.40. The summed E-state index contributed by atoms with van der Waals surface area (Å²) in [6.07, 6.45) is 0.730. The molecular formula is C30H37ClN2O6. The number of aliphatic carboxylic acids is 2. The molecule has 1 aliphatic rings. The van der Waals surface area contributed by atoms with Crippen molar-refractivity contribution < 1.29 is 29.4 Å². The van der Waals surface area contributed by atoms with Gasteiger partial charge >= 0.3 is 11.9 Å². The number of rotatable bonds is 8. The van der Waals surface area contributed by atoms with E-state index >= 15 is 0 Å². The van der Waals surface area contributed by atoms with Crippen LogP contribution in [0.5, 0.6) is 0 Å². The molecule has 39 heavy (non-hydrogen) atoms. The molecule has 2 aromatic carbocycles. The SMILES string of the molecule is CC(C)(C)c1ccc(C(=O)Nc2ccc(CC(NC(=O)C3CCC(C)(C(=O)O)C3(C)C)C(=O)O)cc2)c(Cl)c1. The van der Waals surface area contributed by atoms with Gasteiger partial charge in [0.05, 0.1) is 16.0 Å². The van der Waals surface area contributed by atoms with E-state index in [1.807, 2.05) is 6.07 Å². The number of halogens is 1. The number of hydrogen-bond donors (Lipinski definition) is 4. The average molecular weight is 557 g/mol. The number of carboxylic acid groups (broad SMARTS) is 2. The van der Waals surface area contributed by atoms with E-state index in [-0.39, 0.29) is 17.7 Å². The maximum Gasteiger partial charge on any atom is 0.326 e. The minimum absolute atomic E-state index is 0.0265. The largest absolute Gasteiger partial charge is 0.481 e. The smallest absolute Gasteiger partial charge is 0.326 e. The van der Waals surface area contributed by atoms with Gasteiger partial charge in [-0.25, -0.2) is 4.79 Å². The van der Waals surface area contributed by atoms with Crippen LogP contribution < -0.4 is 10.6 Å². The summed E-state index contributed by atoms with van der Waals surface area (Å²) in [5.74, 6) is -3.60. The van der Waals surface area contributed by atoms with Crippen LogP contribution in [0.3, 0.4) is 0 Å². The number of amides is 2. The van der Waals surface area contributed by atoms with E-state index in [1.165, 1.54) is 0 Å². The van der Waals surface area contributed by atoms with Gasteiger partial charge in [-0.1, -0.05) is 64.4 Å². The zero-order chi connectivity index (χ0) is 29.3. The van der Waals surface area contributed by atoms with Crippen molar-refractivity contribution >= 4 is 41.0 Å². The molecule has 9 heteroatoms. The molecule has 0 aromatic heterocycles. The van der Waals surface area contributed by atoms with E-state index in [0.29, 0.717) is 34.7 Å². The van der Waals surface area contributed by atoms with Crippen molar-refractivity contribution in [2.45, 2.75) is 72.3 Å². The lowest BCUT2D eigenvalue weighted by molar-refractivity contribution is -0.155. The molecule has 3 rings (SSSR count). The first-order chi connectivity index (χ1) is 18.0. The van der Waals surface area contributed by atoms with E-state index in [9.17, 15) is 29.4 Å². The Hall–Kier alpha value is -3.39. The van der Waals surface area contributed by atoms with Crippen LogP contribution in [0.4, 0.5) is 5.69 Å². The van der Waals surface area contributed by atoms with Crippen LogP contribution in [0.15, 0.2) is 42.5 Å². The van der Waals surface area contributed by atoms with Crippen molar-refractivity contribution in [3.8, 4) is 0 Å². The highest BCUT2D eigenvalue weighted by atomic mass is 35.5. The van der Waals surface area contributed by atoms with Crippen molar-refractivity contribution in [2.24, 2.45) is 16.7 Å². The molecule has 0 aliphatic heterocycles. The van der Waals surface area contributed by atoms with Crippen molar-refractivity contribution in [1.29, 1.82) is 0 Å². The minimum Gasteiger partial charge on any atom is -0.481 e. The Morgan fingerprint density at radius 1 is 1.03 bits per heavy atom. The second kappa shape index (κ2) is 11.0. The van der Waals surface area contributed by atoms with E-state index in [0.717, 1.165) is 5.56 Å². The number of carbonyl (C=O) groups excluding carboxylic acids is 2. The van der Waals surface area contributed by atoms with E-state index in [2.05, 4.69) is 31.4 Å². The monoisotopic (exact) mass is 556 g/mol. The molecule has 0 radical (unpaired) electrons. The van der Waals surface area contributed by atoms with Crippen molar-refractivity contribution in [3.63, 3.8) is 0 Å². The summed E-state index contributed by atoms with van der Waals surface area (Å²) >= 11 is 6.37. The molecule has 2 amide bonds. The average Bonchev–Trinajstić information content (AvgIpc) is 3.08. The van der Waals surface area contributed by atoms with Crippen LogP contribution in [0.25, 0.3) is 0 Å². The molecule has 1 aliphatic carbocycles. The fraction of sp³-hybridized carbons (Fsp3) is 0.467. The van der Waals surface area contributed by atoms with Crippen LogP contribution in [-0.2, 0) is 26.2 Å². The number of carboxylic acids is 2. The Bertz CT molecular complexity index is 1280. The Kier molecular flexibility index (Phi) is 8.51. The molecular weight excluding hydrogens is 520 g/mol. The van der Waals surface area contributed by atoms with Crippen molar-refractivity contribution in [1.82, 2.24) is 5.32 Å². The third kappa shape index (κ3) is 6.27. The lowest BCUT2D eigenvalue weighted by Gasteiger charge is -2.38. The third-order valence-corrected chi connectivity index (χ3v) is 8.67. The maximum atomic E-state index is 13.1. The van der Waals surface area contributed by atoms with Crippen LogP contribution >= 0.6 is 11.6 Å². The summed E-state index contributed by atoms with van der Waals surface area (Å²) in [4.78, 5) is 49.7. The molecule has 1 fully saturated rings. The van der Waals surface area contributed by atoms with Gasteiger partial charge in [0.1, 0.15) is 6.04 Å². The van der Waals surface area contributed by atoms with E-state index in [1.54, 1.807) is 57.2 Å². The predicted molar refractivity (Wildman–Crippen MR) is 150 cm³/mol. The Morgan fingerprint density at radius 2 is 1.64 bits per heavy atom. The highest BCUT2D eigenvalue weighted by molar-refractivity contribution is 6.34. The first-order valence-corrected chi connectivity index (χ1v) is 13.3. The first-order valence-electron chi connectivity index (χ1n) is 12.9. The molecule has 2 aromatic rings. The van der Waals surface area contributed by atoms with Gasteiger partial charge in [-0.2, -0.15) is 0 Å². The van der Waals surface area contributed by atoms with Crippen LogP contribution in [0.2, 0.25) is 5.02 Å². The second-order valence-electron chi connectivity index (χ2n) is 12.1. The van der Waals surface area contributed by atoms with Crippen LogP contribution in [0, 0.1) is 16.7 Å². The molecule has 3 atom stereocenters. The second-order valence-corrected chi connectivity index (χ2v) is 12.6. The highest BCUT2D eigenvalue weighted by Crippen LogP contribution is 2.56. The van der Waals surface area contributed by atoms with E-state index in [4.69, 9.17) is 11.6 Å². The zero-order valence-corrected chi connectivity index (χ0v) is 24.0. The van der Waals surface area contributed by atoms with Crippen molar-refractivity contribution in [2.75, 3.05) is 5.32 Å². The van der Waals surface area contributed by atoms with Crippen LogP contribution in [0.1, 0.15) is 75.9 Å². The number of carbonyl (C=O) groups is 4. The van der Waals surface area contributed by atoms with Gasteiger partial charge in [-0.05, 0) is 66.0 Å². The summed E-state index contributed by atoms with van der Waals surface area (Å²) < 4.78 is 0. The Balaban J connectivity index is 1.66. The molecule has 0 heterocycles. The lowest BCUT2D eigenvalue weighted by Crippen LogP contribution is -2.49. The number of nitrogens with one attached hydrogen (secondary N) is 2. The molecule has 8 nitrogen and oxygen atoms in total.